The number of carbonyl (C=O) groups is 1. The Morgan fingerprint density at radius 1 is 1.18 bits per heavy atom. The van der Waals surface area contributed by atoms with Crippen LogP contribution in [0.1, 0.15) is 41.8 Å². The van der Waals surface area contributed by atoms with Crippen LogP contribution in [-0.4, -0.2) is 49.7 Å². The van der Waals surface area contributed by atoms with E-state index in [0.29, 0.717) is 37.0 Å². The lowest BCUT2D eigenvalue weighted by atomic mass is 9.99. The number of benzene rings is 1. The first-order valence-corrected chi connectivity index (χ1v) is 12.1. The average Bonchev–Trinajstić information content (AvgIpc) is 2.82. The molecule has 4 rings (SSSR count). The molecule has 1 aliphatic heterocycles. The number of ether oxygens (including phenoxy) is 1. The van der Waals surface area contributed by atoms with E-state index in [2.05, 4.69) is 4.98 Å². The minimum absolute atomic E-state index is 0.0719. The van der Waals surface area contributed by atoms with E-state index in [9.17, 15) is 9.90 Å². The van der Waals surface area contributed by atoms with Crippen molar-refractivity contribution in [3.05, 3.63) is 58.4 Å². The number of aryl methyl sites for hydroxylation is 2. The Bertz CT molecular complexity index is 1190. The zero-order valence-corrected chi connectivity index (χ0v) is 20.2. The maximum Gasteiger partial charge on any atom is 0.232 e. The first-order chi connectivity index (χ1) is 15.9. The molecule has 0 fully saturated rings. The maximum atomic E-state index is 12.7. The van der Waals surface area contributed by atoms with E-state index in [1.165, 1.54) is 11.8 Å². The number of hydrogen-bond acceptors (Lipinski definition) is 7. The molecule has 1 N–H and O–H groups in total. The highest BCUT2D eigenvalue weighted by Gasteiger charge is 2.28. The molecule has 0 spiro atoms. The third-order valence-corrected chi connectivity index (χ3v) is 6.79. The van der Waals surface area contributed by atoms with Gasteiger partial charge in [0, 0.05) is 42.4 Å². The molecule has 0 saturated heterocycles. The second-order valence-corrected chi connectivity index (χ2v) is 8.94. The van der Waals surface area contributed by atoms with Crippen LogP contribution in [0.4, 0.5) is 0 Å². The van der Waals surface area contributed by atoms with Gasteiger partial charge in [-0.1, -0.05) is 35.5 Å². The molecular weight excluding hydrogens is 436 g/mol. The van der Waals surface area contributed by atoms with Crippen LogP contribution in [-0.2, 0) is 17.8 Å². The van der Waals surface area contributed by atoms with Crippen LogP contribution in [0.15, 0.2) is 35.5 Å². The Morgan fingerprint density at radius 3 is 2.67 bits per heavy atom. The topological polar surface area (TPSA) is 88.4 Å². The van der Waals surface area contributed by atoms with Gasteiger partial charge in [-0.2, -0.15) is 4.98 Å². The van der Waals surface area contributed by atoms with Crippen LogP contribution in [0, 0.1) is 13.8 Å². The summed E-state index contributed by atoms with van der Waals surface area (Å²) < 4.78 is 6.25. The fourth-order valence-corrected chi connectivity index (χ4v) is 4.85. The largest absolute Gasteiger partial charge is 0.436 e. The minimum Gasteiger partial charge on any atom is -0.436 e. The smallest absolute Gasteiger partial charge is 0.232 e. The Kier molecular flexibility index (Phi) is 6.95. The van der Waals surface area contributed by atoms with Crippen molar-refractivity contribution in [3.63, 3.8) is 0 Å². The van der Waals surface area contributed by atoms with Gasteiger partial charge >= 0.3 is 0 Å². The van der Waals surface area contributed by atoms with Crippen molar-refractivity contribution in [1.29, 1.82) is 0 Å². The van der Waals surface area contributed by atoms with Gasteiger partial charge in [0.15, 0.2) is 11.6 Å². The monoisotopic (exact) mass is 464 g/mol. The van der Waals surface area contributed by atoms with Crippen molar-refractivity contribution < 1.29 is 14.6 Å². The highest BCUT2D eigenvalue weighted by molar-refractivity contribution is 7.99. The van der Waals surface area contributed by atoms with Crippen molar-refractivity contribution in [2.75, 3.05) is 18.8 Å². The van der Waals surface area contributed by atoms with Gasteiger partial charge in [-0.05, 0) is 33.8 Å². The number of aliphatic hydroxyl groups is 1. The van der Waals surface area contributed by atoms with Gasteiger partial charge in [0.25, 0.3) is 0 Å². The number of thioether (sulfide) groups is 1. The second kappa shape index (κ2) is 9.89. The van der Waals surface area contributed by atoms with E-state index in [0.717, 1.165) is 38.5 Å². The molecule has 0 saturated carbocycles. The van der Waals surface area contributed by atoms with E-state index in [1.54, 1.807) is 6.20 Å². The molecule has 33 heavy (non-hydrogen) atoms. The van der Waals surface area contributed by atoms with Gasteiger partial charge in [0.2, 0.25) is 11.8 Å². The Hall–Kier alpha value is -2.97. The summed E-state index contributed by atoms with van der Waals surface area (Å²) in [4.78, 5) is 28.5. The van der Waals surface area contributed by atoms with Crippen molar-refractivity contribution in [1.82, 2.24) is 19.9 Å². The quantitative estimate of drug-likeness (QED) is 0.322. The van der Waals surface area contributed by atoms with Crippen LogP contribution in [0.2, 0.25) is 0 Å². The van der Waals surface area contributed by atoms with E-state index < -0.39 is 0 Å². The zero-order valence-electron chi connectivity index (χ0n) is 19.4. The van der Waals surface area contributed by atoms with Crippen molar-refractivity contribution in [2.24, 2.45) is 0 Å². The molecule has 0 aliphatic carbocycles. The molecule has 0 radical (unpaired) electrons. The molecule has 1 aliphatic rings. The SMILES string of the molecule is CCN(CC)C(=O)CSc1nc(-c2cccc(C)c2)nc2c1Cc1c(CO)cnc(C)c1O2. The number of aliphatic hydroxyl groups excluding tert-OH is 1. The first-order valence-electron chi connectivity index (χ1n) is 11.1. The van der Waals surface area contributed by atoms with Gasteiger partial charge in [0.1, 0.15) is 5.03 Å². The number of amides is 1. The molecule has 1 aromatic carbocycles. The summed E-state index contributed by atoms with van der Waals surface area (Å²) >= 11 is 1.41. The molecule has 3 aromatic rings. The van der Waals surface area contributed by atoms with Gasteiger partial charge in [0.05, 0.1) is 23.6 Å². The van der Waals surface area contributed by atoms with E-state index in [1.807, 2.05) is 56.9 Å². The summed E-state index contributed by atoms with van der Waals surface area (Å²) in [5.74, 6) is 2.03. The summed E-state index contributed by atoms with van der Waals surface area (Å²) in [5.41, 5.74) is 5.19. The number of carbonyl (C=O) groups excluding carboxylic acids is 1. The van der Waals surface area contributed by atoms with Crippen LogP contribution in [0.5, 0.6) is 11.6 Å². The van der Waals surface area contributed by atoms with Crippen LogP contribution in [0.3, 0.4) is 0 Å². The molecule has 0 atom stereocenters. The number of hydrogen-bond donors (Lipinski definition) is 1. The normalized spacial score (nSPS) is 12.0. The van der Waals surface area contributed by atoms with Crippen LogP contribution in [0.25, 0.3) is 11.4 Å². The lowest BCUT2D eigenvalue weighted by Gasteiger charge is -2.24. The molecule has 0 unspecified atom stereocenters. The van der Waals surface area contributed by atoms with Gasteiger partial charge in [-0.15, -0.1) is 0 Å². The molecule has 0 bridgehead atoms. The summed E-state index contributed by atoms with van der Waals surface area (Å²) in [5, 5.41) is 10.6. The number of fused-ring (bicyclic) bond motifs is 2. The Labute approximate surface area is 198 Å². The zero-order chi connectivity index (χ0) is 23.5. The number of pyridine rings is 1. The van der Waals surface area contributed by atoms with Crippen LogP contribution < -0.4 is 4.74 Å². The molecular formula is C25H28N4O3S. The Balaban J connectivity index is 1.78. The highest BCUT2D eigenvalue weighted by atomic mass is 32.2. The maximum absolute atomic E-state index is 12.7. The highest BCUT2D eigenvalue weighted by Crippen LogP contribution is 2.42. The predicted molar refractivity (Wildman–Crippen MR) is 129 cm³/mol. The van der Waals surface area contributed by atoms with Gasteiger partial charge in [-0.3, -0.25) is 9.78 Å². The van der Waals surface area contributed by atoms with E-state index in [-0.39, 0.29) is 18.3 Å². The number of aromatic nitrogens is 3. The standard InChI is InChI=1S/C25H28N4O3S/c1-5-29(6-2)21(31)14-33-25-20-11-19-18(13-30)12-26-16(4)22(19)32-24(20)27-23(28-25)17-9-7-8-15(3)10-17/h7-10,12,30H,5-6,11,13-14H2,1-4H3. The Morgan fingerprint density at radius 2 is 1.97 bits per heavy atom. The van der Waals surface area contributed by atoms with Crippen molar-refractivity contribution in [2.45, 2.75) is 45.7 Å². The fourth-order valence-electron chi connectivity index (χ4n) is 3.92. The lowest BCUT2D eigenvalue weighted by Crippen LogP contribution is -2.31. The van der Waals surface area contributed by atoms with Crippen molar-refractivity contribution in [3.8, 4) is 23.0 Å². The van der Waals surface area contributed by atoms with Crippen molar-refractivity contribution >= 4 is 17.7 Å². The van der Waals surface area contributed by atoms with Gasteiger partial charge in [-0.25, -0.2) is 4.98 Å². The molecule has 3 heterocycles. The minimum atomic E-state index is -0.126. The lowest BCUT2D eigenvalue weighted by molar-refractivity contribution is -0.127. The fraction of sp³-hybridized carbons (Fsp3) is 0.360. The summed E-state index contributed by atoms with van der Waals surface area (Å²) in [7, 11) is 0. The third-order valence-electron chi connectivity index (χ3n) is 5.78. The van der Waals surface area contributed by atoms with E-state index >= 15 is 0 Å². The summed E-state index contributed by atoms with van der Waals surface area (Å²) in [6, 6.07) is 8.00. The van der Waals surface area contributed by atoms with Crippen LogP contribution >= 0.6 is 11.8 Å². The van der Waals surface area contributed by atoms with E-state index in [4.69, 9.17) is 14.7 Å². The molecule has 2 aromatic heterocycles. The predicted octanol–water partition coefficient (Wildman–Crippen LogP) is 4.30. The molecule has 172 valence electrons. The van der Waals surface area contributed by atoms with Gasteiger partial charge < -0.3 is 14.7 Å². The molecule has 8 heteroatoms. The first kappa shape index (κ1) is 23.2. The summed E-state index contributed by atoms with van der Waals surface area (Å²) in [6.45, 7) is 9.09. The number of nitrogens with zero attached hydrogens (tertiary/aromatic N) is 4. The number of rotatable bonds is 7. The summed E-state index contributed by atoms with van der Waals surface area (Å²) in [6.07, 6.45) is 2.20. The average molecular weight is 465 g/mol. The second-order valence-electron chi connectivity index (χ2n) is 7.97. The molecule has 1 amide bonds. The molecule has 7 nitrogen and oxygen atoms in total. The third kappa shape index (κ3) is 4.72.